The van der Waals surface area contributed by atoms with Crippen molar-refractivity contribution in [3.8, 4) is 0 Å². The summed E-state index contributed by atoms with van der Waals surface area (Å²) in [7, 11) is 3.54. The molecular formula is C8H16N2O2S. The molecule has 1 aliphatic heterocycles. The summed E-state index contributed by atoms with van der Waals surface area (Å²) in [4.78, 5) is 14.9. The first-order valence-corrected chi connectivity index (χ1v) is 4.74. The van der Waals surface area contributed by atoms with Crippen LogP contribution in [0.15, 0.2) is 0 Å². The summed E-state index contributed by atoms with van der Waals surface area (Å²) in [5.74, 6) is 0.446. The van der Waals surface area contributed by atoms with Crippen molar-refractivity contribution in [3.05, 3.63) is 0 Å². The van der Waals surface area contributed by atoms with E-state index >= 15 is 0 Å². The van der Waals surface area contributed by atoms with Gasteiger partial charge in [0, 0.05) is 33.1 Å². The van der Waals surface area contributed by atoms with E-state index in [1.54, 1.807) is 19.0 Å². The summed E-state index contributed by atoms with van der Waals surface area (Å²) < 4.78 is 4.76. The van der Waals surface area contributed by atoms with E-state index in [-0.39, 0.29) is 6.03 Å². The predicted molar refractivity (Wildman–Crippen MR) is 53.7 cm³/mol. The van der Waals surface area contributed by atoms with Crippen LogP contribution in [-0.2, 0) is 4.18 Å². The molecule has 1 heterocycles. The number of amides is 2. The van der Waals surface area contributed by atoms with Gasteiger partial charge in [-0.25, -0.2) is 4.79 Å². The molecule has 5 heteroatoms. The molecule has 0 bridgehead atoms. The Balaban J connectivity index is 2.36. The monoisotopic (exact) mass is 204 g/mol. The van der Waals surface area contributed by atoms with Gasteiger partial charge in [-0.2, -0.15) is 0 Å². The van der Waals surface area contributed by atoms with Crippen LogP contribution in [0.4, 0.5) is 4.79 Å². The molecule has 1 aliphatic rings. The molecule has 0 aliphatic carbocycles. The van der Waals surface area contributed by atoms with Crippen molar-refractivity contribution in [2.45, 2.75) is 6.42 Å². The molecular weight excluding hydrogens is 188 g/mol. The third-order valence-electron chi connectivity index (χ3n) is 2.25. The highest BCUT2D eigenvalue weighted by molar-refractivity contribution is 7.75. The van der Waals surface area contributed by atoms with Crippen molar-refractivity contribution in [2.75, 3.05) is 33.8 Å². The van der Waals surface area contributed by atoms with Crippen molar-refractivity contribution in [2.24, 2.45) is 5.92 Å². The molecule has 2 amide bonds. The molecule has 76 valence electrons. The molecule has 0 saturated carbocycles. The summed E-state index contributed by atoms with van der Waals surface area (Å²) in [5.41, 5.74) is 0. The molecule has 0 spiro atoms. The quantitative estimate of drug-likeness (QED) is 0.534. The summed E-state index contributed by atoms with van der Waals surface area (Å²) in [6.45, 7) is 2.25. The van der Waals surface area contributed by atoms with Gasteiger partial charge in [0.1, 0.15) is 0 Å². The Morgan fingerprint density at radius 3 is 2.92 bits per heavy atom. The molecule has 0 aromatic rings. The maximum absolute atomic E-state index is 11.5. The van der Waals surface area contributed by atoms with Crippen molar-refractivity contribution >= 4 is 18.9 Å². The first-order valence-electron chi connectivity index (χ1n) is 4.37. The van der Waals surface area contributed by atoms with E-state index in [0.29, 0.717) is 12.5 Å². The van der Waals surface area contributed by atoms with Crippen LogP contribution in [-0.4, -0.2) is 49.6 Å². The van der Waals surface area contributed by atoms with Crippen LogP contribution in [0.3, 0.4) is 0 Å². The zero-order valence-electron chi connectivity index (χ0n) is 8.06. The Hall–Kier alpha value is -0.420. The Kier molecular flexibility index (Phi) is 3.87. The molecule has 0 N–H and O–H groups in total. The van der Waals surface area contributed by atoms with Crippen molar-refractivity contribution in [3.63, 3.8) is 0 Å². The second-order valence-electron chi connectivity index (χ2n) is 3.57. The van der Waals surface area contributed by atoms with Gasteiger partial charge in [-0.15, -0.1) is 0 Å². The van der Waals surface area contributed by atoms with Gasteiger partial charge in [0.2, 0.25) is 0 Å². The van der Waals surface area contributed by atoms with Crippen LogP contribution in [0.1, 0.15) is 6.42 Å². The zero-order chi connectivity index (χ0) is 9.84. The molecule has 1 fully saturated rings. The number of likely N-dealkylation sites (tertiary alicyclic amines) is 1. The second kappa shape index (κ2) is 4.72. The minimum atomic E-state index is 0.0849. The van der Waals surface area contributed by atoms with Gasteiger partial charge < -0.3 is 14.0 Å². The molecule has 1 atom stereocenters. The van der Waals surface area contributed by atoms with Crippen LogP contribution in [0.5, 0.6) is 0 Å². The zero-order valence-corrected chi connectivity index (χ0v) is 8.96. The largest absolute Gasteiger partial charge is 0.331 e. The minimum absolute atomic E-state index is 0.0849. The lowest BCUT2D eigenvalue weighted by Gasteiger charge is -2.21. The molecule has 13 heavy (non-hydrogen) atoms. The summed E-state index contributed by atoms with van der Waals surface area (Å²) in [6, 6.07) is 0.0849. The third-order valence-corrected chi connectivity index (χ3v) is 2.40. The van der Waals surface area contributed by atoms with E-state index in [1.807, 2.05) is 4.90 Å². The fraction of sp³-hybridized carbons (Fsp3) is 0.875. The van der Waals surface area contributed by atoms with E-state index in [9.17, 15) is 4.79 Å². The maximum atomic E-state index is 11.5. The van der Waals surface area contributed by atoms with E-state index in [0.717, 1.165) is 19.5 Å². The molecule has 1 rings (SSSR count). The lowest BCUT2D eigenvalue weighted by Crippen LogP contribution is -2.37. The van der Waals surface area contributed by atoms with Gasteiger partial charge >= 0.3 is 6.03 Å². The van der Waals surface area contributed by atoms with Crippen molar-refractivity contribution < 1.29 is 8.98 Å². The number of nitrogens with zero attached hydrogens (tertiary/aromatic N) is 2. The molecule has 0 aromatic heterocycles. The number of hydrogen-bond donors (Lipinski definition) is 1. The lowest BCUT2D eigenvalue weighted by atomic mass is 10.1. The summed E-state index contributed by atoms with van der Waals surface area (Å²) in [5, 5.41) is 0. The van der Waals surface area contributed by atoms with Crippen LogP contribution in [0, 0.1) is 5.92 Å². The average molecular weight is 204 g/mol. The van der Waals surface area contributed by atoms with E-state index in [4.69, 9.17) is 4.18 Å². The fourth-order valence-electron chi connectivity index (χ4n) is 1.53. The Bertz CT molecular complexity index is 187. The minimum Gasteiger partial charge on any atom is -0.331 e. The Morgan fingerprint density at radius 2 is 2.38 bits per heavy atom. The lowest BCUT2D eigenvalue weighted by molar-refractivity contribution is 0.178. The number of rotatable bonds is 2. The molecule has 0 radical (unpaired) electrons. The summed E-state index contributed by atoms with van der Waals surface area (Å²) >= 11 is 3.70. The van der Waals surface area contributed by atoms with Crippen LogP contribution >= 0.6 is 12.9 Å². The summed E-state index contributed by atoms with van der Waals surface area (Å²) in [6.07, 6.45) is 1.01. The Labute approximate surface area is 84.4 Å². The smallest absolute Gasteiger partial charge is 0.319 e. The molecule has 4 nitrogen and oxygen atoms in total. The molecule has 1 unspecified atom stereocenters. The van der Waals surface area contributed by atoms with E-state index in [2.05, 4.69) is 12.9 Å². The van der Waals surface area contributed by atoms with E-state index < -0.39 is 0 Å². The van der Waals surface area contributed by atoms with Gasteiger partial charge in [-0.3, -0.25) is 0 Å². The normalized spacial score (nSPS) is 22.1. The highest BCUT2D eigenvalue weighted by Gasteiger charge is 2.26. The van der Waals surface area contributed by atoms with Gasteiger partial charge in [0.05, 0.1) is 6.61 Å². The topological polar surface area (TPSA) is 32.8 Å². The van der Waals surface area contributed by atoms with Gasteiger partial charge in [-0.05, 0) is 19.3 Å². The van der Waals surface area contributed by atoms with Crippen LogP contribution in [0.2, 0.25) is 0 Å². The highest BCUT2D eigenvalue weighted by Crippen LogP contribution is 2.17. The number of urea groups is 1. The molecule has 1 saturated heterocycles. The van der Waals surface area contributed by atoms with Crippen LogP contribution < -0.4 is 0 Å². The number of carbonyl (C=O) groups excluding carboxylic acids is 1. The standard InChI is InChI=1S/C8H16N2O2S/c1-9(2)8(11)10-4-3-7(5-10)6-12-13/h7,13H,3-6H2,1-2H3. The maximum Gasteiger partial charge on any atom is 0.319 e. The molecule has 0 aromatic carbocycles. The SMILES string of the molecule is CN(C)C(=O)N1CCC(COS)C1. The van der Waals surface area contributed by atoms with Gasteiger partial charge in [0.25, 0.3) is 0 Å². The fourth-order valence-corrected chi connectivity index (χ4v) is 1.74. The highest BCUT2D eigenvalue weighted by atomic mass is 32.1. The average Bonchev–Trinajstić information content (AvgIpc) is 2.52. The second-order valence-corrected chi connectivity index (χ2v) is 3.83. The van der Waals surface area contributed by atoms with Crippen molar-refractivity contribution in [1.82, 2.24) is 9.80 Å². The number of thiol groups is 1. The van der Waals surface area contributed by atoms with Gasteiger partial charge in [0.15, 0.2) is 0 Å². The predicted octanol–water partition coefficient (Wildman–Crippen LogP) is 0.851. The van der Waals surface area contributed by atoms with Gasteiger partial charge in [-0.1, -0.05) is 0 Å². The third kappa shape index (κ3) is 2.77. The van der Waals surface area contributed by atoms with E-state index in [1.165, 1.54) is 0 Å². The number of carbonyl (C=O) groups is 1. The number of hydrogen-bond acceptors (Lipinski definition) is 3. The Morgan fingerprint density at radius 1 is 1.69 bits per heavy atom. The van der Waals surface area contributed by atoms with Crippen molar-refractivity contribution in [1.29, 1.82) is 0 Å². The first-order chi connectivity index (χ1) is 6.15. The van der Waals surface area contributed by atoms with Crippen LogP contribution in [0.25, 0.3) is 0 Å². The first kappa shape index (κ1) is 10.7.